The molecule has 6 heteroatoms. The molecule has 6 nitrogen and oxygen atoms in total. The van der Waals surface area contributed by atoms with E-state index < -0.39 is 0 Å². The minimum absolute atomic E-state index is 0.392. The molecule has 0 aliphatic heterocycles. The lowest BCUT2D eigenvalue weighted by molar-refractivity contribution is 0.672. The molecule has 1 saturated carbocycles. The van der Waals surface area contributed by atoms with Crippen LogP contribution in [0.2, 0.25) is 0 Å². The number of imidazole rings is 1. The van der Waals surface area contributed by atoms with E-state index in [1.54, 1.807) is 0 Å². The maximum Gasteiger partial charge on any atom is 0.207 e. The Bertz CT molecular complexity index is 748. The lowest BCUT2D eigenvalue weighted by Crippen LogP contribution is -2.28. The van der Waals surface area contributed by atoms with Crippen LogP contribution in [0.15, 0.2) is 11.3 Å². The second kappa shape index (κ2) is 6.34. The molecule has 2 heterocycles. The van der Waals surface area contributed by atoms with Gasteiger partial charge in [0.05, 0.1) is 12.4 Å². The van der Waals surface area contributed by atoms with Gasteiger partial charge in [0.25, 0.3) is 0 Å². The molecular formula is C17H28N6. The fourth-order valence-electron chi connectivity index (χ4n) is 3.28. The van der Waals surface area contributed by atoms with Gasteiger partial charge < -0.3 is 9.47 Å². The number of aryl methyl sites for hydroxylation is 2. The van der Waals surface area contributed by atoms with Crippen LogP contribution in [0.25, 0.3) is 11.2 Å². The highest BCUT2D eigenvalue weighted by atomic mass is 15.3. The third-order valence-electron chi connectivity index (χ3n) is 4.90. The topological polar surface area (TPSA) is 51.2 Å². The largest absolute Gasteiger partial charge is 0.343 e. The normalized spacial score (nSPS) is 16.9. The summed E-state index contributed by atoms with van der Waals surface area (Å²) in [5, 5.41) is 0. The number of nitrogens with zero attached hydrogens (tertiary/aromatic N) is 6. The Morgan fingerprint density at radius 3 is 2.65 bits per heavy atom. The van der Waals surface area contributed by atoms with Gasteiger partial charge in [-0.2, -0.15) is 0 Å². The molecule has 0 unspecified atom stereocenters. The number of fused-ring (bicyclic) bond motifs is 1. The zero-order valence-corrected chi connectivity index (χ0v) is 15.0. The number of rotatable bonds is 4. The molecule has 0 atom stereocenters. The molecule has 2 aromatic rings. The van der Waals surface area contributed by atoms with E-state index >= 15 is 0 Å². The molecule has 0 N–H and O–H groups in total. The fraction of sp³-hybridized carbons (Fsp3) is 0.706. The molecule has 23 heavy (non-hydrogen) atoms. The Labute approximate surface area is 137 Å². The summed E-state index contributed by atoms with van der Waals surface area (Å²) < 4.78 is 4.31. The van der Waals surface area contributed by atoms with Crippen LogP contribution >= 0.6 is 0 Å². The van der Waals surface area contributed by atoms with Gasteiger partial charge in [-0.25, -0.2) is 9.97 Å². The molecule has 0 saturated heterocycles. The first-order valence-corrected chi connectivity index (χ1v) is 8.71. The van der Waals surface area contributed by atoms with Crippen LogP contribution in [0.4, 0.5) is 5.95 Å². The molecule has 126 valence electrons. The van der Waals surface area contributed by atoms with E-state index in [2.05, 4.69) is 53.9 Å². The van der Waals surface area contributed by atoms with Gasteiger partial charge >= 0.3 is 0 Å². The Kier molecular flexibility index (Phi) is 4.41. The van der Waals surface area contributed by atoms with Gasteiger partial charge in [-0.3, -0.25) is 9.56 Å². The SMILES string of the molecule is CCn1cnc(=NC2CCCC2)c2nc(N(C)C(C)C)n(C)c21. The molecule has 1 aliphatic carbocycles. The van der Waals surface area contributed by atoms with E-state index in [4.69, 9.17) is 9.98 Å². The summed E-state index contributed by atoms with van der Waals surface area (Å²) in [4.78, 5) is 16.6. The Balaban J connectivity index is 2.21. The first kappa shape index (κ1) is 16.0. The number of hydrogen-bond acceptors (Lipinski definition) is 4. The second-order valence-electron chi connectivity index (χ2n) is 6.77. The van der Waals surface area contributed by atoms with Crippen molar-refractivity contribution in [2.24, 2.45) is 12.0 Å². The summed E-state index contributed by atoms with van der Waals surface area (Å²) in [5.41, 5.74) is 2.82. The zero-order valence-electron chi connectivity index (χ0n) is 15.0. The van der Waals surface area contributed by atoms with Gasteiger partial charge in [-0.15, -0.1) is 0 Å². The Morgan fingerprint density at radius 2 is 2.04 bits per heavy atom. The molecule has 3 rings (SSSR count). The lowest BCUT2D eigenvalue weighted by Gasteiger charge is -2.22. The molecule has 1 fully saturated rings. The first-order valence-electron chi connectivity index (χ1n) is 8.71. The van der Waals surface area contributed by atoms with Crippen LogP contribution < -0.4 is 10.4 Å². The van der Waals surface area contributed by atoms with Crippen LogP contribution in [0.5, 0.6) is 0 Å². The summed E-state index contributed by atoms with van der Waals surface area (Å²) in [6, 6.07) is 0.806. The third kappa shape index (κ3) is 2.86. The average molecular weight is 316 g/mol. The highest BCUT2D eigenvalue weighted by Crippen LogP contribution is 2.22. The Hall–Kier alpha value is -1.85. The van der Waals surface area contributed by atoms with E-state index in [0.717, 1.165) is 29.1 Å². The van der Waals surface area contributed by atoms with E-state index in [1.807, 2.05) is 6.33 Å². The maximum absolute atomic E-state index is 4.90. The summed E-state index contributed by atoms with van der Waals surface area (Å²) >= 11 is 0. The highest BCUT2D eigenvalue weighted by Gasteiger charge is 2.19. The van der Waals surface area contributed by atoms with Crippen LogP contribution in [0.3, 0.4) is 0 Å². The number of aromatic nitrogens is 4. The summed E-state index contributed by atoms with van der Waals surface area (Å²) in [7, 11) is 4.17. The van der Waals surface area contributed by atoms with E-state index in [0.29, 0.717) is 12.1 Å². The van der Waals surface area contributed by atoms with Gasteiger partial charge in [0, 0.05) is 26.7 Å². The third-order valence-corrected chi connectivity index (χ3v) is 4.90. The molecular weight excluding hydrogens is 288 g/mol. The van der Waals surface area contributed by atoms with Gasteiger partial charge in [-0.05, 0) is 33.6 Å². The van der Waals surface area contributed by atoms with Crippen molar-refractivity contribution in [3.8, 4) is 0 Å². The second-order valence-corrected chi connectivity index (χ2v) is 6.77. The van der Waals surface area contributed by atoms with Crippen molar-refractivity contribution < 1.29 is 0 Å². The van der Waals surface area contributed by atoms with Gasteiger partial charge in [-0.1, -0.05) is 12.8 Å². The first-order chi connectivity index (χ1) is 11.0. The van der Waals surface area contributed by atoms with E-state index in [1.165, 1.54) is 25.7 Å². The van der Waals surface area contributed by atoms with Gasteiger partial charge in [0.15, 0.2) is 11.0 Å². The van der Waals surface area contributed by atoms with Crippen LogP contribution in [0.1, 0.15) is 46.5 Å². The average Bonchev–Trinajstić information content (AvgIpc) is 3.15. The van der Waals surface area contributed by atoms with Crippen molar-refractivity contribution in [3.63, 3.8) is 0 Å². The molecule has 0 spiro atoms. The molecule has 0 amide bonds. The molecule has 1 aliphatic rings. The van der Waals surface area contributed by atoms with Crippen molar-refractivity contribution in [2.75, 3.05) is 11.9 Å². The fourth-order valence-corrected chi connectivity index (χ4v) is 3.28. The van der Waals surface area contributed by atoms with Crippen molar-refractivity contribution >= 4 is 17.1 Å². The molecule has 0 bridgehead atoms. The summed E-state index contributed by atoms with van der Waals surface area (Å²) in [6.45, 7) is 7.36. The smallest absolute Gasteiger partial charge is 0.207 e. The lowest BCUT2D eigenvalue weighted by atomic mass is 10.3. The van der Waals surface area contributed by atoms with Crippen LogP contribution in [-0.4, -0.2) is 38.2 Å². The predicted molar refractivity (Wildman–Crippen MR) is 93.5 cm³/mol. The quantitative estimate of drug-likeness (QED) is 0.871. The van der Waals surface area contributed by atoms with Crippen molar-refractivity contribution in [3.05, 3.63) is 11.8 Å². The highest BCUT2D eigenvalue weighted by molar-refractivity contribution is 5.74. The van der Waals surface area contributed by atoms with E-state index in [-0.39, 0.29) is 0 Å². The van der Waals surface area contributed by atoms with Crippen LogP contribution in [0, 0.1) is 0 Å². The van der Waals surface area contributed by atoms with Gasteiger partial charge in [0.1, 0.15) is 5.65 Å². The van der Waals surface area contributed by atoms with Crippen molar-refractivity contribution in [1.82, 2.24) is 19.1 Å². The maximum atomic E-state index is 4.90. The molecule has 2 aromatic heterocycles. The van der Waals surface area contributed by atoms with Crippen molar-refractivity contribution in [1.29, 1.82) is 0 Å². The van der Waals surface area contributed by atoms with Crippen LogP contribution in [-0.2, 0) is 13.6 Å². The standard InChI is InChI=1S/C17H28N6/c1-6-23-11-18-15(19-13-9-7-8-10-13)14-16(23)22(5)17(20-14)21(4)12(2)3/h11-13H,6-10H2,1-5H3. The van der Waals surface area contributed by atoms with Crippen molar-refractivity contribution in [2.45, 2.75) is 65.1 Å². The summed E-state index contributed by atoms with van der Waals surface area (Å²) in [5.74, 6) is 0.966. The molecule has 0 radical (unpaired) electrons. The predicted octanol–water partition coefficient (Wildman–Crippen LogP) is 2.48. The zero-order chi connectivity index (χ0) is 16.6. The monoisotopic (exact) mass is 316 g/mol. The number of anilines is 1. The minimum atomic E-state index is 0.392. The Morgan fingerprint density at radius 1 is 1.35 bits per heavy atom. The minimum Gasteiger partial charge on any atom is -0.343 e. The molecule has 0 aromatic carbocycles. The van der Waals surface area contributed by atoms with E-state index in [9.17, 15) is 0 Å². The van der Waals surface area contributed by atoms with Gasteiger partial charge in [0.2, 0.25) is 5.95 Å². The summed E-state index contributed by atoms with van der Waals surface area (Å²) in [6.07, 6.45) is 6.82. The number of hydrogen-bond donors (Lipinski definition) is 0.